The van der Waals surface area contributed by atoms with E-state index in [9.17, 15) is 65.8 Å². The Labute approximate surface area is 303 Å². The Balaban J connectivity index is 1.84. The number of carboxylic acid groups (broad SMARTS) is 1. The normalized spacial score (nSPS) is 40.6. The molecule has 3 fully saturated rings. The first-order valence-electron chi connectivity index (χ1n) is 16.7. The lowest BCUT2D eigenvalue weighted by molar-refractivity contribution is -0.205. The van der Waals surface area contributed by atoms with Gasteiger partial charge in [-0.2, -0.15) is 0 Å². The Bertz CT molecular complexity index is 1070. The van der Waals surface area contributed by atoms with Crippen molar-refractivity contribution >= 4 is 47.2 Å². The van der Waals surface area contributed by atoms with Crippen LogP contribution in [0.2, 0.25) is 0 Å². The summed E-state index contributed by atoms with van der Waals surface area (Å²) in [7, 11) is 0. The molecule has 16 atom stereocenters. The average molecular weight is 780 g/mol. The molecule has 3 rings (SSSR count). The van der Waals surface area contributed by atoms with E-state index < -0.39 is 132 Å². The van der Waals surface area contributed by atoms with Crippen molar-refractivity contribution in [3.63, 3.8) is 0 Å². The lowest BCUT2D eigenvalue weighted by Crippen LogP contribution is -2.67. The van der Waals surface area contributed by atoms with Crippen molar-refractivity contribution in [3.8, 4) is 0 Å². The van der Waals surface area contributed by atoms with E-state index in [0.29, 0.717) is 17.5 Å². The van der Waals surface area contributed by atoms with E-state index in [1.54, 1.807) is 0 Å². The number of aliphatic hydroxyl groups is 10. The lowest BCUT2D eigenvalue weighted by Gasteiger charge is -2.50. The highest BCUT2D eigenvalue weighted by Gasteiger charge is 2.59. The molecule has 0 spiro atoms. The molecule has 12 N–H and O–H groups in total. The first-order valence-corrected chi connectivity index (χ1v) is 19.6. The maximum absolute atomic E-state index is 12.8. The summed E-state index contributed by atoms with van der Waals surface area (Å²) in [6.07, 6.45) is -11.8. The maximum Gasteiger partial charge on any atom is 0.346 e. The van der Waals surface area contributed by atoms with Crippen molar-refractivity contribution in [3.05, 3.63) is 0 Å². The number of aliphatic hydroxyl groups excluding tert-OH is 10. The van der Waals surface area contributed by atoms with Crippen LogP contribution in [0.15, 0.2) is 0 Å². The van der Waals surface area contributed by atoms with Crippen molar-refractivity contribution in [2.24, 2.45) is 0 Å². The Morgan fingerprint density at radius 1 is 0.860 bits per heavy atom. The molecule has 0 aromatic heterocycles. The Morgan fingerprint density at radius 2 is 1.50 bits per heavy atom. The van der Waals surface area contributed by atoms with Gasteiger partial charge in [0, 0.05) is 13.3 Å². The van der Waals surface area contributed by atoms with Gasteiger partial charge < -0.3 is 75.7 Å². The van der Waals surface area contributed by atoms with E-state index in [-0.39, 0.29) is 0 Å². The molecule has 0 radical (unpaired) electrons. The molecule has 0 aromatic carbocycles. The first-order chi connectivity index (χ1) is 23.7. The molecular formula is C30H53NO16S3. The highest BCUT2D eigenvalue weighted by molar-refractivity contribution is 8.02. The van der Waals surface area contributed by atoms with Gasteiger partial charge in [0.05, 0.1) is 60.8 Å². The van der Waals surface area contributed by atoms with E-state index in [2.05, 4.69) is 12.2 Å². The number of carbonyl (C=O) groups excluding carboxylic acids is 1. The second-order valence-corrected chi connectivity index (χ2v) is 16.7. The van der Waals surface area contributed by atoms with Gasteiger partial charge in [0.1, 0.15) is 47.5 Å². The van der Waals surface area contributed by atoms with Crippen molar-refractivity contribution < 1.29 is 80.0 Å². The number of thioether (sulfide) groups is 3. The number of hydrogen-bond donors (Lipinski definition) is 12. The third kappa shape index (κ3) is 10.6. The third-order valence-corrected chi connectivity index (χ3v) is 13.4. The molecular weight excluding hydrogens is 727 g/mol. The minimum Gasteiger partial charge on any atom is -0.478 e. The number of ether oxygens (including phenoxy) is 3. The van der Waals surface area contributed by atoms with Crippen LogP contribution in [0.4, 0.5) is 0 Å². The van der Waals surface area contributed by atoms with E-state index >= 15 is 0 Å². The molecule has 17 nitrogen and oxygen atoms in total. The number of unbranched alkanes of at least 4 members (excludes halogenated alkanes) is 4. The summed E-state index contributed by atoms with van der Waals surface area (Å²) >= 11 is 2.39. The third-order valence-electron chi connectivity index (χ3n) is 8.98. The molecule has 0 aliphatic carbocycles. The molecule has 3 heterocycles. The Morgan fingerprint density at radius 3 is 2.08 bits per heavy atom. The minimum atomic E-state index is -2.54. The SMILES string of the molecule is CCCCCCCS[C@@H]1O[C@H](CO)[C@@H](S[C@@H]2O[C@H](CO)[C@H](O)[C@H](S[C@]3(C(=O)O)C[C@H](O)[C@@H](NC(C)=O)[C@H]([C@H](O)[C@H](O)CO)O3)[C@H]2O)[C@H](O)[C@H]1O. The van der Waals surface area contributed by atoms with Crippen LogP contribution in [0.1, 0.15) is 52.4 Å². The zero-order valence-corrected chi connectivity index (χ0v) is 30.4. The van der Waals surface area contributed by atoms with Gasteiger partial charge in [0.25, 0.3) is 0 Å². The van der Waals surface area contributed by atoms with E-state index in [0.717, 1.165) is 50.8 Å². The van der Waals surface area contributed by atoms with Crippen LogP contribution in [0.5, 0.6) is 0 Å². The monoisotopic (exact) mass is 779 g/mol. The van der Waals surface area contributed by atoms with Gasteiger partial charge in [-0.1, -0.05) is 32.6 Å². The predicted molar refractivity (Wildman–Crippen MR) is 182 cm³/mol. The zero-order valence-electron chi connectivity index (χ0n) is 27.9. The van der Waals surface area contributed by atoms with Crippen LogP contribution in [0, 0.1) is 0 Å². The molecule has 50 heavy (non-hydrogen) atoms. The number of aliphatic carboxylic acids is 1. The number of nitrogens with one attached hydrogen (secondary N) is 1. The molecule has 0 aromatic rings. The van der Waals surface area contributed by atoms with Gasteiger partial charge in [-0.15, -0.1) is 35.3 Å². The highest BCUT2D eigenvalue weighted by atomic mass is 32.2. The van der Waals surface area contributed by atoms with Crippen molar-refractivity contribution in [2.45, 2.75) is 146 Å². The van der Waals surface area contributed by atoms with Gasteiger partial charge >= 0.3 is 5.97 Å². The summed E-state index contributed by atoms with van der Waals surface area (Å²) in [6, 6.07) is -1.44. The molecule has 3 saturated heterocycles. The molecule has 0 saturated carbocycles. The lowest BCUT2D eigenvalue weighted by atomic mass is 9.89. The number of carbonyl (C=O) groups is 2. The number of carboxylic acids is 1. The van der Waals surface area contributed by atoms with E-state index in [1.165, 1.54) is 11.8 Å². The maximum atomic E-state index is 12.8. The molecule has 0 unspecified atom stereocenters. The number of hydrogen-bond acceptors (Lipinski definition) is 18. The van der Waals surface area contributed by atoms with Gasteiger partial charge in [-0.25, -0.2) is 4.79 Å². The number of rotatable bonds is 18. The summed E-state index contributed by atoms with van der Waals surface area (Å²) < 4.78 is 17.5. The molecule has 20 heteroatoms. The van der Waals surface area contributed by atoms with Crippen LogP contribution < -0.4 is 5.32 Å². The van der Waals surface area contributed by atoms with Gasteiger partial charge in [0.15, 0.2) is 0 Å². The van der Waals surface area contributed by atoms with Crippen LogP contribution in [-0.2, 0) is 23.8 Å². The fourth-order valence-electron chi connectivity index (χ4n) is 6.19. The van der Waals surface area contributed by atoms with Crippen molar-refractivity contribution in [1.29, 1.82) is 0 Å². The zero-order chi connectivity index (χ0) is 37.3. The Hall–Kier alpha value is -0.530. The summed E-state index contributed by atoms with van der Waals surface area (Å²) in [5.74, 6) is -1.75. The largest absolute Gasteiger partial charge is 0.478 e. The summed E-state index contributed by atoms with van der Waals surface area (Å²) in [5.41, 5.74) is -2.25. The predicted octanol–water partition coefficient (Wildman–Crippen LogP) is -3.08. The topological polar surface area (TPSA) is 296 Å². The molecule has 292 valence electrons. The molecule has 3 aliphatic heterocycles. The molecule has 0 bridgehead atoms. The summed E-state index contributed by atoms with van der Waals surface area (Å²) in [6.45, 7) is 0.848. The van der Waals surface area contributed by atoms with Crippen molar-refractivity contribution in [1.82, 2.24) is 5.32 Å². The highest BCUT2D eigenvalue weighted by Crippen LogP contribution is 2.48. The first kappa shape index (κ1) is 43.9. The molecule has 1 amide bonds. The standard InChI is InChI=1S/C30H53NO16S3/c1-3-4-5-6-7-8-48-27-22(41)21(40)25(17(12-34)46-27)49-28-23(42)26(20(39)16(11-33)45-28)50-30(29(43)44)9-14(36)18(31-13(2)35)24(47-30)19(38)15(37)10-32/h14-28,32-34,36-42H,3-12H2,1-2H3,(H,31,35)(H,43,44)/t14-,15+,16+,17+,18+,19+,20-,21+,22+,23+,24+,25+,26-,27-,28-,30-/m0/s1. The van der Waals surface area contributed by atoms with E-state index in [4.69, 9.17) is 14.2 Å². The average Bonchev–Trinajstić information content (AvgIpc) is 3.08. The van der Waals surface area contributed by atoms with Gasteiger partial charge in [0.2, 0.25) is 10.8 Å². The second kappa shape index (κ2) is 20.2. The molecule has 3 aliphatic rings. The van der Waals surface area contributed by atoms with Crippen LogP contribution >= 0.6 is 35.3 Å². The van der Waals surface area contributed by atoms with Gasteiger partial charge in [-0.3, -0.25) is 4.79 Å². The van der Waals surface area contributed by atoms with Crippen LogP contribution in [-0.4, -0.2) is 187 Å². The fraction of sp³-hybridized carbons (Fsp3) is 0.933. The van der Waals surface area contributed by atoms with E-state index in [1.807, 2.05) is 0 Å². The van der Waals surface area contributed by atoms with Crippen LogP contribution in [0.25, 0.3) is 0 Å². The Kier molecular flexibility index (Phi) is 17.8. The minimum absolute atomic E-state index is 0.338. The summed E-state index contributed by atoms with van der Waals surface area (Å²) in [4.78, 5) is 22.2. The van der Waals surface area contributed by atoms with Gasteiger partial charge in [-0.05, 0) is 12.2 Å². The second-order valence-electron chi connectivity index (χ2n) is 12.8. The smallest absolute Gasteiger partial charge is 0.346 e. The summed E-state index contributed by atoms with van der Waals surface area (Å²) in [5, 5.41) is 116. The number of amides is 1. The van der Waals surface area contributed by atoms with Crippen molar-refractivity contribution in [2.75, 3.05) is 25.6 Å². The quantitative estimate of drug-likeness (QED) is 0.0614. The fourth-order valence-corrected chi connectivity index (χ4v) is 10.5. The van der Waals surface area contributed by atoms with Crippen LogP contribution in [0.3, 0.4) is 0 Å².